The number of primary amides is 2. The standard InChI is InChI=1S/C23H32N8O6/c1-12(2)10-14(23(36)37-4)26-21(34)16-11-13(31-18(20(25)33)17(19(24)32)27-28-31)7-9-30(16)22(35)15-6-5-8-29(15)3/h5-6,8,12-14,16H,7,9-11H2,1-4H3,(H2,24,32)(H2,25,33)(H,26,34). The van der Waals surface area contributed by atoms with Crippen molar-refractivity contribution in [2.75, 3.05) is 13.7 Å². The number of carbonyl (C=O) groups excluding carboxylic acids is 5. The second kappa shape index (κ2) is 11.2. The van der Waals surface area contributed by atoms with E-state index in [-0.39, 0.29) is 42.6 Å². The smallest absolute Gasteiger partial charge is 0.328 e. The number of ether oxygens (including phenoxy) is 1. The summed E-state index contributed by atoms with van der Waals surface area (Å²) >= 11 is 0. The number of rotatable bonds is 9. The molecular weight excluding hydrogens is 484 g/mol. The second-order valence-corrected chi connectivity index (χ2v) is 9.37. The second-order valence-electron chi connectivity index (χ2n) is 9.37. The molecule has 3 heterocycles. The summed E-state index contributed by atoms with van der Waals surface area (Å²) in [5.74, 6) is -3.40. The van der Waals surface area contributed by atoms with Crippen LogP contribution >= 0.6 is 0 Å². The Bertz CT molecular complexity index is 1200. The fourth-order valence-corrected chi connectivity index (χ4v) is 4.53. The molecule has 1 fully saturated rings. The van der Waals surface area contributed by atoms with Crippen LogP contribution in [-0.2, 0) is 21.4 Å². The number of aromatic nitrogens is 4. The van der Waals surface area contributed by atoms with E-state index in [1.54, 1.807) is 29.9 Å². The SMILES string of the molecule is COC(=O)C(CC(C)C)NC(=O)C1CC(n2nnc(C(N)=O)c2C(N)=O)CCN1C(=O)c1cccn1C. The highest BCUT2D eigenvalue weighted by Crippen LogP contribution is 2.30. The molecule has 5 N–H and O–H groups in total. The third-order valence-electron chi connectivity index (χ3n) is 6.32. The van der Waals surface area contributed by atoms with Gasteiger partial charge >= 0.3 is 5.97 Å². The first kappa shape index (κ1) is 27.4. The van der Waals surface area contributed by atoms with Gasteiger partial charge in [0.15, 0.2) is 11.4 Å². The molecule has 1 saturated heterocycles. The molecule has 2 aromatic rings. The van der Waals surface area contributed by atoms with Crippen molar-refractivity contribution in [3.05, 3.63) is 35.4 Å². The number of hydrogen-bond acceptors (Lipinski definition) is 8. The van der Waals surface area contributed by atoms with E-state index in [4.69, 9.17) is 16.2 Å². The van der Waals surface area contributed by atoms with Gasteiger partial charge in [-0.25, -0.2) is 9.48 Å². The molecule has 0 radical (unpaired) electrons. The van der Waals surface area contributed by atoms with Crippen molar-refractivity contribution in [1.82, 2.24) is 29.8 Å². The van der Waals surface area contributed by atoms with Gasteiger partial charge in [0, 0.05) is 19.8 Å². The van der Waals surface area contributed by atoms with Gasteiger partial charge in [0.25, 0.3) is 17.7 Å². The Balaban J connectivity index is 1.97. The van der Waals surface area contributed by atoms with Gasteiger partial charge in [0.2, 0.25) is 5.91 Å². The van der Waals surface area contributed by atoms with E-state index >= 15 is 0 Å². The number of piperidine rings is 1. The minimum Gasteiger partial charge on any atom is -0.467 e. The predicted octanol–water partition coefficient (Wildman–Crippen LogP) is -0.636. The third-order valence-corrected chi connectivity index (χ3v) is 6.32. The topological polar surface area (TPSA) is 198 Å². The Hall–Kier alpha value is -4.23. The van der Waals surface area contributed by atoms with Gasteiger partial charge in [-0.15, -0.1) is 5.10 Å². The van der Waals surface area contributed by atoms with Crippen molar-refractivity contribution >= 4 is 29.6 Å². The summed E-state index contributed by atoms with van der Waals surface area (Å²) in [4.78, 5) is 64.6. The van der Waals surface area contributed by atoms with Gasteiger partial charge in [-0.3, -0.25) is 19.2 Å². The van der Waals surface area contributed by atoms with Crippen molar-refractivity contribution in [3.63, 3.8) is 0 Å². The lowest BCUT2D eigenvalue weighted by Crippen LogP contribution is -2.57. The first-order valence-corrected chi connectivity index (χ1v) is 11.8. The lowest BCUT2D eigenvalue weighted by atomic mass is 9.94. The number of nitrogens with two attached hydrogens (primary N) is 2. The van der Waals surface area contributed by atoms with Crippen LogP contribution in [0, 0.1) is 5.92 Å². The van der Waals surface area contributed by atoms with Gasteiger partial charge < -0.3 is 31.0 Å². The van der Waals surface area contributed by atoms with Crippen molar-refractivity contribution in [2.45, 2.75) is 51.2 Å². The van der Waals surface area contributed by atoms with Crippen LogP contribution in [-0.4, -0.2) is 79.8 Å². The number of esters is 1. The van der Waals surface area contributed by atoms with Crippen molar-refractivity contribution in [1.29, 1.82) is 0 Å². The molecule has 1 aliphatic rings. The minimum absolute atomic E-state index is 0.0133. The van der Waals surface area contributed by atoms with Gasteiger partial charge in [0.1, 0.15) is 17.8 Å². The van der Waals surface area contributed by atoms with E-state index in [1.807, 2.05) is 13.8 Å². The quantitative estimate of drug-likeness (QED) is 0.366. The summed E-state index contributed by atoms with van der Waals surface area (Å²) in [6.45, 7) is 3.91. The number of nitrogens with zero attached hydrogens (tertiary/aromatic N) is 5. The number of hydrogen-bond donors (Lipinski definition) is 3. The van der Waals surface area contributed by atoms with Crippen molar-refractivity contribution in [2.24, 2.45) is 24.4 Å². The Labute approximate surface area is 213 Å². The highest BCUT2D eigenvalue weighted by atomic mass is 16.5. The van der Waals surface area contributed by atoms with Crippen molar-refractivity contribution < 1.29 is 28.7 Å². The lowest BCUT2D eigenvalue weighted by Gasteiger charge is -2.39. The lowest BCUT2D eigenvalue weighted by molar-refractivity contribution is -0.146. The van der Waals surface area contributed by atoms with E-state index in [0.717, 1.165) is 0 Å². The molecule has 14 heteroatoms. The normalized spacial score (nSPS) is 18.4. The molecule has 0 spiro atoms. The van der Waals surface area contributed by atoms with Gasteiger partial charge in [0.05, 0.1) is 13.2 Å². The van der Waals surface area contributed by atoms with Crippen LogP contribution in [0.3, 0.4) is 0 Å². The van der Waals surface area contributed by atoms with Gasteiger partial charge in [-0.2, -0.15) is 0 Å². The summed E-state index contributed by atoms with van der Waals surface area (Å²) in [7, 11) is 2.95. The fourth-order valence-electron chi connectivity index (χ4n) is 4.53. The molecule has 37 heavy (non-hydrogen) atoms. The largest absolute Gasteiger partial charge is 0.467 e. The zero-order valence-corrected chi connectivity index (χ0v) is 21.2. The van der Waals surface area contributed by atoms with Gasteiger partial charge in [-0.05, 0) is 37.3 Å². The molecule has 0 aromatic carbocycles. The maximum absolute atomic E-state index is 13.6. The van der Waals surface area contributed by atoms with E-state index in [9.17, 15) is 24.0 Å². The van der Waals surface area contributed by atoms with E-state index in [2.05, 4.69) is 15.6 Å². The van der Waals surface area contributed by atoms with E-state index < -0.39 is 41.8 Å². The number of likely N-dealkylation sites (tertiary alicyclic amines) is 1. The molecule has 0 bridgehead atoms. The van der Waals surface area contributed by atoms with Crippen molar-refractivity contribution in [3.8, 4) is 0 Å². The maximum atomic E-state index is 13.6. The van der Waals surface area contributed by atoms with Crippen LogP contribution < -0.4 is 16.8 Å². The number of nitrogens with one attached hydrogen (secondary N) is 1. The summed E-state index contributed by atoms with van der Waals surface area (Å²) in [6.07, 6.45) is 2.34. The molecule has 4 amide bonds. The molecule has 2 aromatic heterocycles. The predicted molar refractivity (Wildman–Crippen MR) is 129 cm³/mol. The molecule has 14 nitrogen and oxygen atoms in total. The van der Waals surface area contributed by atoms with Crippen LogP contribution in [0.15, 0.2) is 18.3 Å². The van der Waals surface area contributed by atoms with E-state index in [0.29, 0.717) is 12.1 Å². The minimum atomic E-state index is -1.04. The van der Waals surface area contributed by atoms with Crippen LogP contribution in [0.2, 0.25) is 0 Å². The highest BCUT2D eigenvalue weighted by molar-refractivity contribution is 6.03. The zero-order valence-electron chi connectivity index (χ0n) is 21.2. The fraction of sp³-hybridized carbons (Fsp3) is 0.522. The molecule has 0 saturated carbocycles. The summed E-state index contributed by atoms with van der Waals surface area (Å²) in [5, 5.41) is 10.3. The Morgan fingerprint density at radius 1 is 1.19 bits per heavy atom. The van der Waals surface area contributed by atoms with Crippen LogP contribution in [0.1, 0.15) is 70.6 Å². The zero-order chi connectivity index (χ0) is 27.4. The molecule has 0 aliphatic carbocycles. The van der Waals surface area contributed by atoms with Crippen LogP contribution in [0.25, 0.3) is 0 Å². The van der Waals surface area contributed by atoms with Crippen LogP contribution in [0.5, 0.6) is 0 Å². The first-order valence-electron chi connectivity index (χ1n) is 11.8. The maximum Gasteiger partial charge on any atom is 0.328 e. The summed E-state index contributed by atoms with van der Waals surface area (Å²) in [6, 6.07) is 0.783. The summed E-state index contributed by atoms with van der Waals surface area (Å²) in [5.41, 5.74) is 10.5. The molecule has 1 aliphatic heterocycles. The monoisotopic (exact) mass is 516 g/mol. The number of methoxy groups -OCH3 is 1. The molecule has 200 valence electrons. The number of amides is 4. The average molecular weight is 517 g/mol. The molecule has 3 rings (SSSR count). The first-order chi connectivity index (χ1) is 17.5. The highest BCUT2D eigenvalue weighted by Gasteiger charge is 2.41. The van der Waals surface area contributed by atoms with Crippen LogP contribution in [0.4, 0.5) is 0 Å². The third kappa shape index (κ3) is 5.78. The van der Waals surface area contributed by atoms with E-state index in [1.165, 1.54) is 16.7 Å². The summed E-state index contributed by atoms with van der Waals surface area (Å²) < 4.78 is 7.67. The number of carbonyl (C=O) groups is 5. The Morgan fingerprint density at radius 2 is 1.89 bits per heavy atom. The average Bonchev–Trinajstić information content (AvgIpc) is 3.48. The molecule has 3 unspecified atom stereocenters. The Morgan fingerprint density at radius 3 is 2.43 bits per heavy atom. The van der Waals surface area contributed by atoms with Gasteiger partial charge in [-0.1, -0.05) is 19.1 Å². The Kier molecular flexibility index (Phi) is 8.30. The molecule has 3 atom stereocenters. The molecular formula is C23H32N8O6. The number of aryl methyl sites for hydroxylation is 1.